The maximum absolute atomic E-state index is 9.96. The quantitative estimate of drug-likeness (QED) is 0.559. The summed E-state index contributed by atoms with van der Waals surface area (Å²) in [5.74, 6) is 0. The van der Waals surface area contributed by atoms with E-state index in [-0.39, 0.29) is 12.6 Å². The third kappa shape index (κ3) is 5.10. The Bertz CT molecular complexity index is 95.0. The maximum Gasteiger partial charge on any atom is 0.404 e. The molecule has 4 nitrogen and oxygen atoms in total. The van der Waals surface area contributed by atoms with Crippen molar-refractivity contribution >= 4 is 6.09 Å². The summed E-state index contributed by atoms with van der Waals surface area (Å²) in [5, 5.41) is 0. The first-order valence-electron chi connectivity index (χ1n) is 2.84. The van der Waals surface area contributed by atoms with E-state index in [1.807, 2.05) is 6.92 Å². The Hall–Kier alpha value is -0.770. The molecule has 1 amide bonds. The Kier molecular flexibility index (Phi) is 3.79. The molecule has 0 radical (unpaired) electrons. The molecule has 4 heteroatoms. The van der Waals surface area contributed by atoms with Crippen LogP contribution < -0.4 is 11.5 Å². The Morgan fingerprint density at radius 3 is 2.67 bits per heavy atom. The zero-order chi connectivity index (χ0) is 7.28. The van der Waals surface area contributed by atoms with Crippen molar-refractivity contribution in [3.63, 3.8) is 0 Å². The molecule has 54 valence electrons. The highest BCUT2D eigenvalue weighted by molar-refractivity contribution is 5.64. The molecular formula is C5H12N2O2. The molecule has 0 fully saturated rings. The lowest BCUT2D eigenvalue weighted by molar-refractivity contribution is 0.148. The second-order valence-corrected chi connectivity index (χ2v) is 1.80. The van der Waals surface area contributed by atoms with E-state index in [0.29, 0.717) is 0 Å². The van der Waals surface area contributed by atoms with Crippen LogP contribution in [0.2, 0.25) is 0 Å². The molecule has 0 spiro atoms. The van der Waals surface area contributed by atoms with Gasteiger partial charge in [-0.25, -0.2) is 4.79 Å². The van der Waals surface area contributed by atoms with Crippen LogP contribution in [0.25, 0.3) is 0 Å². The average molecular weight is 132 g/mol. The summed E-state index contributed by atoms with van der Waals surface area (Å²) >= 11 is 0. The van der Waals surface area contributed by atoms with Gasteiger partial charge in [-0.3, -0.25) is 0 Å². The highest BCUT2D eigenvalue weighted by Crippen LogP contribution is 1.85. The van der Waals surface area contributed by atoms with Crippen LogP contribution in [-0.2, 0) is 4.74 Å². The number of hydrogen-bond acceptors (Lipinski definition) is 3. The third-order valence-electron chi connectivity index (χ3n) is 0.964. The first kappa shape index (κ1) is 8.23. The number of primary amides is 1. The maximum atomic E-state index is 9.96. The fourth-order valence-electron chi connectivity index (χ4n) is 0.307. The molecule has 0 rings (SSSR count). The van der Waals surface area contributed by atoms with E-state index in [4.69, 9.17) is 5.73 Å². The molecule has 4 N–H and O–H groups in total. The van der Waals surface area contributed by atoms with Crippen molar-refractivity contribution in [1.29, 1.82) is 0 Å². The molecule has 0 aliphatic heterocycles. The van der Waals surface area contributed by atoms with Crippen LogP contribution >= 0.6 is 0 Å². The zero-order valence-electron chi connectivity index (χ0n) is 5.46. The molecule has 0 aromatic carbocycles. The molecule has 0 heterocycles. The summed E-state index contributed by atoms with van der Waals surface area (Å²) < 4.78 is 4.41. The predicted octanol–water partition coefficient (Wildman–Crippen LogP) is -0.181. The summed E-state index contributed by atoms with van der Waals surface area (Å²) in [6, 6.07) is -0.0856. The molecule has 0 aliphatic carbocycles. The summed E-state index contributed by atoms with van der Waals surface area (Å²) in [6.07, 6.45) is 0.0201. The average Bonchev–Trinajstić information content (AvgIpc) is 1.83. The minimum atomic E-state index is -0.765. The number of hydrogen-bond donors (Lipinski definition) is 2. The third-order valence-corrected chi connectivity index (χ3v) is 0.964. The largest absolute Gasteiger partial charge is 0.448 e. The second-order valence-electron chi connectivity index (χ2n) is 1.80. The summed E-state index contributed by atoms with van der Waals surface area (Å²) in [4.78, 5) is 9.96. The standard InChI is InChI=1S/C5H12N2O2/c1-2-4(6)3-9-5(7)8/h4H,2-3,6H2,1H3,(H2,7,8). The van der Waals surface area contributed by atoms with Gasteiger partial charge in [-0.1, -0.05) is 6.92 Å². The van der Waals surface area contributed by atoms with Gasteiger partial charge in [0.15, 0.2) is 0 Å². The minimum absolute atomic E-state index is 0.0856. The molecular weight excluding hydrogens is 120 g/mol. The van der Waals surface area contributed by atoms with E-state index < -0.39 is 6.09 Å². The number of carbonyl (C=O) groups excluding carboxylic acids is 1. The number of rotatable bonds is 3. The molecule has 0 aliphatic rings. The minimum Gasteiger partial charge on any atom is -0.448 e. The van der Waals surface area contributed by atoms with E-state index >= 15 is 0 Å². The van der Waals surface area contributed by atoms with E-state index in [0.717, 1.165) is 6.42 Å². The van der Waals surface area contributed by atoms with Crippen LogP contribution in [-0.4, -0.2) is 18.7 Å². The lowest BCUT2D eigenvalue weighted by atomic mass is 10.3. The monoisotopic (exact) mass is 132 g/mol. The van der Waals surface area contributed by atoms with Gasteiger partial charge in [0, 0.05) is 6.04 Å². The lowest BCUT2D eigenvalue weighted by Crippen LogP contribution is -2.28. The van der Waals surface area contributed by atoms with Crippen molar-refractivity contribution < 1.29 is 9.53 Å². The van der Waals surface area contributed by atoms with Gasteiger partial charge in [-0.15, -0.1) is 0 Å². The number of nitrogens with two attached hydrogens (primary N) is 2. The Labute approximate surface area is 54.2 Å². The van der Waals surface area contributed by atoms with Gasteiger partial charge in [0.25, 0.3) is 0 Å². The van der Waals surface area contributed by atoms with Crippen molar-refractivity contribution in [3.05, 3.63) is 0 Å². The normalized spacial score (nSPS) is 12.7. The summed E-state index contributed by atoms with van der Waals surface area (Å²) in [7, 11) is 0. The summed E-state index contributed by atoms with van der Waals surface area (Å²) in [6.45, 7) is 2.13. The Morgan fingerprint density at radius 1 is 1.78 bits per heavy atom. The van der Waals surface area contributed by atoms with Gasteiger partial charge in [0.05, 0.1) is 0 Å². The van der Waals surface area contributed by atoms with Gasteiger partial charge in [0.1, 0.15) is 6.61 Å². The molecule has 1 unspecified atom stereocenters. The van der Waals surface area contributed by atoms with Crippen LogP contribution in [0.3, 0.4) is 0 Å². The number of carbonyl (C=O) groups is 1. The van der Waals surface area contributed by atoms with Gasteiger partial charge in [-0.05, 0) is 6.42 Å². The van der Waals surface area contributed by atoms with E-state index in [9.17, 15) is 4.79 Å². The summed E-state index contributed by atoms with van der Waals surface area (Å²) in [5.41, 5.74) is 10.1. The fourth-order valence-corrected chi connectivity index (χ4v) is 0.307. The van der Waals surface area contributed by atoms with Crippen molar-refractivity contribution in [2.45, 2.75) is 19.4 Å². The van der Waals surface area contributed by atoms with E-state index in [2.05, 4.69) is 10.5 Å². The van der Waals surface area contributed by atoms with Crippen LogP contribution in [0.5, 0.6) is 0 Å². The second kappa shape index (κ2) is 4.14. The van der Waals surface area contributed by atoms with Gasteiger partial charge < -0.3 is 16.2 Å². The van der Waals surface area contributed by atoms with Crippen LogP contribution in [0.4, 0.5) is 4.79 Å². The first-order valence-corrected chi connectivity index (χ1v) is 2.84. The fraction of sp³-hybridized carbons (Fsp3) is 0.800. The van der Waals surface area contributed by atoms with Crippen LogP contribution in [0.1, 0.15) is 13.3 Å². The molecule has 1 atom stereocenters. The molecule has 0 saturated heterocycles. The molecule has 0 saturated carbocycles. The van der Waals surface area contributed by atoms with Crippen LogP contribution in [0, 0.1) is 0 Å². The number of ether oxygens (including phenoxy) is 1. The topological polar surface area (TPSA) is 78.3 Å². The van der Waals surface area contributed by atoms with Gasteiger partial charge in [0.2, 0.25) is 0 Å². The van der Waals surface area contributed by atoms with Crippen molar-refractivity contribution in [3.8, 4) is 0 Å². The predicted molar refractivity (Wildman–Crippen MR) is 33.8 cm³/mol. The van der Waals surface area contributed by atoms with Gasteiger partial charge >= 0.3 is 6.09 Å². The van der Waals surface area contributed by atoms with Crippen molar-refractivity contribution in [2.75, 3.05) is 6.61 Å². The van der Waals surface area contributed by atoms with Gasteiger partial charge in [-0.2, -0.15) is 0 Å². The molecule has 0 aromatic rings. The molecule has 9 heavy (non-hydrogen) atoms. The zero-order valence-corrected chi connectivity index (χ0v) is 5.46. The Balaban J connectivity index is 3.16. The smallest absolute Gasteiger partial charge is 0.404 e. The van der Waals surface area contributed by atoms with E-state index in [1.165, 1.54) is 0 Å². The highest BCUT2D eigenvalue weighted by Gasteiger charge is 1.99. The van der Waals surface area contributed by atoms with Crippen LogP contribution in [0.15, 0.2) is 0 Å². The molecule has 0 aromatic heterocycles. The molecule has 0 bridgehead atoms. The highest BCUT2D eigenvalue weighted by atomic mass is 16.5. The van der Waals surface area contributed by atoms with Crippen molar-refractivity contribution in [2.24, 2.45) is 11.5 Å². The number of amides is 1. The SMILES string of the molecule is CCC(N)COC(N)=O. The van der Waals surface area contributed by atoms with Crippen molar-refractivity contribution in [1.82, 2.24) is 0 Å². The Morgan fingerprint density at radius 2 is 2.33 bits per heavy atom. The lowest BCUT2D eigenvalue weighted by Gasteiger charge is -2.06. The first-order chi connectivity index (χ1) is 4.16. The van der Waals surface area contributed by atoms with E-state index in [1.54, 1.807) is 0 Å².